The highest BCUT2D eigenvalue weighted by Crippen LogP contribution is 2.43. The van der Waals surface area contributed by atoms with Crippen molar-refractivity contribution >= 4 is 23.2 Å². The van der Waals surface area contributed by atoms with Gasteiger partial charge in [-0.2, -0.15) is 0 Å². The molecule has 0 saturated heterocycles. The molecule has 1 aliphatic rings. The molecular weight excluding hydrogens is 368 g/mol. The standard InChI is InChI=1S/C23H22N2O2S/c1-15-9-11-16(12-10-15)14-24-22(26)20-17-6-3-4-7-18(17)23(27)25(2)21(20)19-8-5-13-28-19/h3-13,20-21H,14H2,1-2H3,(H,24,26)/t20-,21-/m0/s1. The number of thiophene rings is 1. The molecule has 2 atom stereocenters. The Hall–Kier alpha value is -2.92. The quantitative estimate of drug-likeness (QED) is 0.723. The molecule has 1 aromatic heterocycles. The lowest BCUT2D eigenvalue weighted by atomic mass is 9.81. The Morgan fingerprint density at radius 3 is 2.54 bits per heavy atom. The van der Waals surface area contributed by atoms with E-state index in [9.17, 15) is 9.59 Å². The first-order chi connectivity index (χ1) is 13.6. The summed E-state index contributed by atoms with van der Waals surface area (Å²) >= 11 is 1.57. The molecule has 1 aliphatic heterocycles. The number of carbonyl (C=O) groups excluding carboxylic acids is 2. The van der Waals surface area contributed by atoms with Crippen LogP contribution in [0.15, 0.2) is 66.0 Å². The van der Waals surface area contributed by atoms with Gasteiger partial charge in [-0.25, -0.2) is 0 Å². The molecule has 142 valence electrons. The largest absolute Gasteiger partial charge is 0.351 e. The fourth-order valence-electron chi connectivity index (χ4n) is 3.78. The molecule has 4 nitrogen and oxygen atoms in total. The van der Waals surface area contributed by atoms with E-state index in [4.69, 9.17) is 0 Å². The van der Waals surface area contributed by atoms with Gasteiger partial charge < -0.3 is 10.2 Å². The number of carbonyl (C=O) groups is 2. The van der Waals surface area contributed by atoms with E-state index in [2.05, 4.69) is 5.32 Å². The molecule has 0 fully saturated rings. The van der Waals surface area contributed by atoms with Crippen molar-refractivity contribution in [3.63, 3.8) is 0 Å². The van der Waals surface area contributed by atoms with E-state index in [0.29, 0.717) is 12.1 Å². The molecule has 2 aromatic carbocycles. The lowest BCUT2D eigenvalue weighted by Crippen LogP contribution is -2.45. The van der Waals surface area contributed by atoms with Crippen molar-refractivity contribution in [2.24, 2.45) is 0 Å². The number of hydrogen-bond acceptors (Lipinski definition) is 3. The number of rotatable bonds is 4. The second-order valence-corrected chi connectivity index (χ2v) is 8.12. The minimum absolute atomic E-state index is 0.0448. The Morgan fingerprint density at radius 2 is 1.82 bits per heavy atom. The number of nitrogens with zero attached hydrogens (tertiary/aromatic N) is 1. The third-order valence-corrected chi connectivity index (χ3v) is 6.23. The Kier molecular flexibility index (Phi) is 5.01. The molecule has 2 amide bonds. The molecule has 0 bridgehead atoms. The topological polar surface area (TPSA) is 49.4 Å². The van der Waals surface area contributed by atoms with Crippen LogP contribution in [0.5, 0.6) is 0 Å². The number of amides is 2. The maximum Gasteiger partial charge on any atom is 0.254 e. The van der Waals surface area contributed by atoms with Crippen LogP contribution >= 0.6 is 11.3 Å². The number of fused-ring (bicyclic) bond motifs is 1. The number of likely N-dealkylation sites (N-methyl/N-ethyl adjacent to an activating group) is 1. The van der Waals surface area contributed by atoms with Crippen molar-refractivity contribution in [3.8, 4) is 0 Å². The normalized spacial score (nSPS) is 18.6. The summed E-state index contributed by atoms with van der Waals surface area (Å²) in [6.07, 6.45) is 0. The van der Waals surface area contributed by atoms with Crippen molar-refractivity contribution in [2.75, 3.05) is 7.05 Å². The van der Waals surface area contributed by atoms with Crippen LogP contribution < -0.4 is 5.32 Å². The molecule has 3 aromatic rings. The van der Waals surface area contributed by atoms with Gasteiger partial charge >= 0.3 is 0 Å². The van der Waals surface area contributed by atoms with Gasteiger partial charge in [0.2, 0.25) is 5.91 Å². The van der Waals surface area contributed by atoms with E-state index >= 15 is 0 Å². The molecule has 0 unspecified atom stereocenters. The number of hydrogen-bond donors (Lipinski definition) is 1. The summed E-state index contributed by atoms with van der Waals surface area (Å²) in [5.41, 5.74) is 3.65. The number of benzene rings is 2. The SMILES string of the molecule is Cc1ccc(CNC(=O)[C@H]2c3ccccc3C(=O)N(C)[C@H]2c2cccs2)cc1. The van der Waals surface area contributed by atoms with Crippen LogP contribution in [0.3, 0.4) is 0 Å². The summed E-state index contributed by atoms with van der Waals surface area (Å²) in [6.45, 7) is 2.51. The highest BCUT2D eigenvalue weighted by molar-refractivity contribution is 7.10. The van der Waals surface area contributed by atoms with Crippen molar-refractivity contribution < 1.29 is 9.59 Å². The van der Waals surface area contributed by atoms with Crippen molar-refractivity contribution in [1.82, 2.24) is 10.2 Å². The molecule has 2 heterocycles. The van der Waals surface area contributed by atoms with Crippen LogP contribution in [0.4, 0.5) is 0 Å². The summed E-state index contributed by atoms with van der Waals surface area (Å²) < 4.78 is 0. The van der Waals surface area contributed by atoms with Gasteiger partial charge in [-0.3, -0.25) is 9.59 Å². The fraction of sp³-hybridized carbons (Fsp3) is 0.217. The van der Waals surface area contributed by atoms with Crippen molar-refractivity contribution in [1.29, 1.82) is 0 Å². The first kappa shape index (κ1) is 18.4. The zero-order valence-electron chi connectivity index (χ0n) is 15.9. The first-order valence-corrected chi connectivity index (χ1v) is 10.2. The highest BCUT2D eigenvalue weighted by atomic mass is 32.1. The fourth-order valence-corrected chi connectivity index (χ4v) is 4.68. The average molecular weight is 391 g/mol. The lowest BCUT2D eigenvalue weighted by molar-refractivity contribution is -0.124. The Bertz CT molecular complexity index is 996. The van der Waals surface area contributed by atoms with Crippen molar-refractivity contribution in [2.45, 2.75) is 25.4 Å². The van der Waals surface area contributed by atoms with Gasteiger partial charge in [-0.15, -0.1) is 11.3 Å². The van der Waals surface area contributed by atoms with Gasteiger partial charge in [-0.05, 0) is 35.6 Å². The van der Waals surface area contributed by atoms with Crippen LogP contribution in [0.2, 0.25) is 0 Å². The molecule has 4 rings (SSSR count). The lowest BCUT2D eigenvalue weighted by Gasteiger charge is -2.39. The summed E-state index contributed by atoms with van der Waals surface area (Å²) in [6, 6.07) is 19.2. The van der Waals surface area contributed by atoms with E-state index in [1.165, 1.54) is 5.56 Å². The third kappa shape index (κ3) is 3.34. The zero-order valence-corrected chi connectivity index (χ0v) is 16.7. The second kappa shape index (κ2) is 7.60. The van der Waals surface area contributed by atoms with E-state index in [1.807, 2.05) is 66.9 Å². The number of nitrogens with one attached hydrogen (secondary N) is 1. The summed E-state index contributed by atoms with van der Waals surface area (Å²) in [5.74, 6) is -0.551. The Labute approximate surface area is 168 Å². The highest BCUT2D eigenvalue weighted by Gasteiger charge is 2.42. The summed E-state index contributed by atoms with van der Waals surface area (Å²) in [4.78, 5) is 28.9. The maximum atomic E-state index is 13.3. The van der Waals surface area contributed by atoms with Gasteiger partial charge in [0.25, 0.3) is 5.91 Å². The molecule has 0 spiro atoms. The Balaban J connectivity index is 1.68. The van der Waals surface area contributed by atoms with E-state index < -0.39 is 5.92 Å². The predicted octanol–water partition coefficient (Wildman–Crippen LogP) is 4.28. The minimum Gasteiger partial charge on any atom is -0.351 e. The van der Waals surface area contributed by atoms with Gasteiger partial charge in [0.05, 0.1) is 12.0 Å². The van der Waals surface area contributed by atoms with Gasteiger partial charge in [0.1, 0.15) is 0 Å². The van der Waals surface area contributed by atoms with Crippen LogP contribution in [0.25, 0.3) is 0 Å². The van der Waals surface area contributed by atoms with Gasteiger partial charge in [-0.1, -0.05) is 54.1 Å². The van der Waals surface area contributed by atoms with Crippen LogP contribution in [-0.4, -0.2) is 23.8 Å². The smallest absolute Gasteiger partial charge is 0.254 e. The Morgan fingerprint density at radius 1 is 1.07 bits per heavy atom. The van der Waals surface area contributed by atoms with E-state index in [0.717, 1.165) is 16.0 Å². The summed E-state index contributed by atoms with van der Waals surface area (Å²) in [5, 5.41) is 5.07. The molecule has 0 radical (unpaired) electrons. The first-order valence-electron chi connectivity index (χ1n) is 9.29. The van der Waals surface area contributed by atoms with Crippen LogP contribution in [0.1, 0.15) is 43.9 Å². The number of aryl methyl sites for hydroxylation is 1. The molecule has 5 heteroatoms. The van der Waals surface area contributed by atoms with Crippen LogP contribution in [-0.2, 0) is 11.3 Å². The minimum atomic E-state index is -0.442. The van der Waals surface area contributed by atoms with E-state index in [1.54, 1.807) is 29.4 Å². The maximum absolute atomic E-state index is 13.3. The molecule has 0 saturated carbocycles. The predicted molar refractivity (Wildman–Crippen MR) is 111 cm³/mol. The van der Waals surface area contributed by atoms with E-state index in [-0.39, 0.29) is 17.9 Å². The van der Waals surface area contributed by atoms with Crippen molar-refractivity contribution in [3.05, 3.63) is 93.2 Å². The molecule has 28 heavy (non-hydrogen) atoms. The molecule has 1 N–H and O–H groups in total. The average Bonchev–Trinajstić information content (AvgIpc) is 3.24. The zero-order chi connectivity index (χ0) is 19.7. The van der Waals surface area contributed by atoms with Crippen LogP contribution in [0, 0.1) is 6.92 Å². The van der Waals surface area contributed by atoms with Gasteiger partial charge in [0.15, 0.2) is 0 Å². The monoisotopic (exact) mass is 390 g/mol. The molecule has 0 aliphatic carbocycles. The second-order valence-electron chi connectivity index (χ2n) is 7.14. The molecular formula is C23H22N2O2S. The summed E-state index contributed by atoms with van der Waals surface area (Å²) in [7, 11) is 1.78. The third-order valence-electron chi connectivity index (χ3n) is 5.28. The van der Waals surface area contributed by atoms with Gasteiger partial charge in [0, 0.05) is 24.0 Å².